The van der Waals surface area contributed by atoms with Gasteiger partial charge in [-0.3, -0.25) is 4.79 Å². The fourth-order valence-electron chi connectivity index (χ4n) is 3.23. The van der Waals surface area contributed by atoms with Gasteiger partial charge in [0.15, 0.2) is 6.29 Å². The van der Waals surface area contributed by atoms with Gasteiger partial charge in [0, 0.05) is 5.56 Å². The van der Waals surface area contributed by atoms with Crippen molar-refractivity contribution < 1.29 is 14.3 Å². The fraction of sp³-hybridized carbons (Fsp3) is 0.550. The van der Waals surface area contributed by atoms with Gasteiger partial charge in [-0.25, -0.2) is 0 Å². The Morgan fingerprint density at radius 1 is 1.22 bits per heavy atom. The summed E-state index contributed by atoms with van der Waals surface area (Å²) >= 11 is 0. The van der Waals surface area contributed by atoms with Gasteiger partial charge < -0.3 is 9.47 Å². The van der Waals surface area contributed by atoms with Crippen molar-refractivity contribution in [2.24, 2.45) is 0 Å². The quantitative estimate of drug-likeness (QED) is 0.508. The van der Waals surface area contributed by atoms with Crippen LogP contribution in [0, 0.1) is 13.8 Å². The molecule has 0 radical (unpaired) electrons. The number of hydrogen-bond donors (Lipinski definition) is 0. The van der Waals surface area contributed by atoms with Crippen molar-refractivity contribution in [3.8, 4) is 11.5 Å². The van der Waals surface area contributed by atoms with Crippen molar-refractivity contribution in [2.45, 2.75) is 65.4 Å². The number of benzene rings is 1. The number of methoxy groups -OCH3 is 1. The first-order valence-electron chi connectivity index (χ1n) is 8.52. The molecule has 126 valence electrons. The second kappa shape index (κ2) is 7.20. The van der Waals surface area contributed by atoms with E-state index in [1.807, 2.05) is 19.9 Å². The number of unbranched alkanes of at least 4 members (excludes halogenated alkanes) is 3. The second-order valence-electron chi connectivity index (χ2n) is 6.62. The monoisotopic (exact) mass is 316 g/mol. The molecule has 1 heterocycles. The van der Waals surface area contributed by atoms with Crippen molar-refractivity contribution in [1.29, 1.82) is 0 Å². The zero-order valence-electron chi connectivity index (χ0n) is 15.0. The van der Waals surface area contributed by atoms with Crippen LogP contribution < -0.4 is 9.47 Å². The third-order valence-electron chi connectivity index (χ3n) is 4.81. The highest BCUT2D eigenvalue weighted by molar-refractivity contribution is 5.90. The highest BCUT2D eigenvalue weighted by atomic mass is 16.5. The first kappa shape index (κ1) is 17.6. The molecule has 0 amide bonds. The maximum absolute atomic E-state index is 11.6. The molecule has 0 aromatic heterocycles. The van der Waals surface area contributed by atoms with Gasteiger partial charge in [-0.05, 0) is 50.8 Å². The van der Waals surface area contributed by atoms with E-state index in [1.54, 1.807) is 7.11 Å². The van der Waals surface area contributed by atoms with Gasteiger partial charge in [-0.2, -0.15) is 0 Å². The topological polar surface area (TPSA) is 35.5 Å². The van der Waals surface area contributed by atoms with Gasteiger partial charge in [0.05, 0.1) is 12.7 Å². The van der Waals surface area contributed by atoms with E-state index >= 15 is 0 Å². The highest BCUT2D eigenvalue weighted by Crippen LogP contribution is 2.43. The minimum absolute atomic E-state index is 0.299. The van der Waals surface area contributed by atoms with Gasteiger partial charge in [0.2, 0.25) is 0 Å². The number of hydrogen-bond acceptors (Lipinski definition) is 3. The number of carbonyl (C=O) groups excluding carboxylic acids is 1. The standard InChI is InChI=1S/C20H28O3/c1-6-7-8-9-11-20(4)12-10-16-17(13-21)18(22-5)14(2)15(3)19(16)23-20/h10,12-13H,6-9,11H2,1-5H3. The number of fused-ring (bicyclic) bond motifs is 1. The highest BCUT2D eigenvalue weighted by Gasteiger charge is 2.31. The molecule has 1 aromatic carbocycles. The van der Waals surface area contributed by atoms with Gasteiger partial charge in [-0.15, -0.1) is 0 Å². The van der Waals surface area contributed by atoms with Crippen molar-refractivity contribution >= 4 is 12.4 Å². The molecule has 1 aliphatic rings. The van der Waals surface area contributed by atoms with Gasteiger partial charge in [-0.1, -0.05) is 32.3 Å². The molecule has 0 spiro atoms. The molecule has 1 unspecified atom stereocenters. The lowest BCUT2D eigenvalue weighted by molar-refractivity contribution is 0.110. The molecule has 1 atom stereocenters. The molecule has 0 saturated heterocycles. The minimum Gasteiger partial charge on any atom is -0.496 e. The summed E-state index contributed by atoms with van der Waals surface area (Å²) in [5, 5.41) is 0. The van der Waals surface area contributed by atoms with Crippen molar-refractivity contribution in [2.75, 3.05) is 7.11 Å². The number of aldehydes is 1. The zero-order chi connectivity index (χ0) is 17.0. The molecule has 0 N–H and O–H groups in total. The van der Waals surface area contributed by atoms with E-state index in [0.29, 0.717) is 11.3 Å². The predicted molar refractivity (Wildman–Crippen MR) is 94.7 cm³/mol. The summed E-state index contributed by atoms with van der Waals surface area (Å²) in [5.74, 6) is 1.47. The summed E-state index contributed by atoms with van der Waals surface area (Å²) in [6.07, 6.45) is 10.8. The number of rotatable bonds is 7. The minimum atomic E-state index is -0.299. The largest absolute Gasteiger partial charge is 0.496 e. The molecule has 2 rings (SSSR count). The molecular weight excluding hydrogens is 288 g/mol. The molecule has 1 aliphatic heterocycles. The van der Waals surface area contributed by atoms with E-state index in [0.717, 1.165) is 41.6 Å². The summed E-state index contributed by atoms with van der Waals surface area (Å²) < 4.78 is 11.8. The molecule has 1 aromatic rings. The Balaban J connectivity index is 2.35. The molecule has 23 heavy (non-hydrogen) atoms. The van der Waals surface area contributed by atoms with Crippen LogP contribution in [-0.2, 0) is 0 Å². The van der Waals surface area contributed by atoms with E-state index in [1.165, 1.54) is 19.3 Å². The van der Waals surface area contributed by atoms with Crippen LogP contribution in [0.2, 0.25) is 0 Å². The average Bonchev–Trinajstić information content (AvgIpc) is 2.55. The SMILES string of the molecule is CCCCCCC1(C)C=Cc2c(C=O)c(OC)c(C)c(C)c2O1. The maximum atomic E-state index is 11.6. The van der Waals surface area contributed by atoms with E-state index in [9.17, 15) is 4.79 Å². The lowest BCUT2D eigenvalue weighted by Crippen LogP contribution is -2.32. The molecule has 3 heteroatoms. The van der Waals surface area contributed by atoms with Crippen molar-refractivity contribution in [3.63, 3.8) is 0 Å². The zero-order valence-corrected chi connectivity index (χ0v) is 15.0. The van der Waals surface area contributed by atoms with Crippen LogP contribution in [0.4, 0.5) is 0 Å². The van der Waals surface area contributed by atoms with Gasteiger partial charge in [0.25, 0.3) is 0 Å². The molecular formula is C20H28O3. The smallest absolute Gasteiger partial charge is 0.154 e. The Morgan fingerprint density at radius 3 is 2.57 bits per heavy atom. The Bertz CT molecular complexity index is 616. The molecule has 0 saturated carbocycles. The Kier molecular flexibility index (Phi) is 5.51. The number of ether oxygens (including phenoxy) is 2. The van der Waals surface area contributed by atoms with Crippen LogP contribution in [0.3, 0.4) is 0 Å². The molecule has 0 bridgehead atoms. The van der Waals surface area contributed by atoms with Crippen LogP contribution in [-0.4, -0.2) is 19.0 Å². The predicted octanol–water partition coefficient (Wildman–Crippen LogP) is 5.26. The third-order valence-corrected chi connectivity index (χ3v) is 4.81. The summed E-state index contributed by atoms with van der Waals surface area (Å²) in [7, 11) is 1.60. The van der Waals surface area contributed by atoms with Crippen molar-refractivity contribution in [1.82, 2.24) is 0 Å². The number of carbonyl (C=O) groups is 1. The van der Waals surface area contributed by atoms with E-state index in [4.69, 9.17) is 9.47 Å². The second-order valence-corrected chi connectivity index (χ2v) is 6.62. The third kappa shape index (κ3) is 3.44. The Labute approximate surface area is 139 Å². The summed E-state index contributed by atoms with van der Waals surface area (Å²) in [6.45, 7) is 8.34. The Morgan fingerprint density at radius 2 is 1.96 bits per heavy atom. The van der Waals surface area contributed by atoms with Crippen molar-refractivity contribution in [3.05, 3.63) is 28.3 Å². The average molecular weight is 316 g/mol. The van der Waals surface area contributed by atoms with Crippen LogP contribution in [0.5, 0.6) is 11.5 Å². The van der Waals surface area contributed by atoms with Gasteiger partial charge >= 0.3 is 0 Å². The first-order chi connectivity index (χ1) is 11.0. The van der Waals surface area contributed by atoms with E-state index < -0.39 is 0 Å². The molecule has 0 aliphatic carbocycles. The Hall–Kier alpha value is -1.77. The van der Waals surface area contributed by atoms with E-state index in [-0.39, 0.29) is 5.60 Å². The summed E-state index contributed by atoms with van der Waals surface area (Å²) in [5.41, 5.74) is 3.14. The lowest BCUT2D eigenvalue weighted by Gasteiger charge is -2.34. The van der Waals surface area contributed by atoms with Crippen LogP contribution in [0.1, 0.15) is 73.0 Å². The van der Waals surface area contributed by atoms with Gasteiger partial charge in [0.1, 0.15) is 17.1 Å². The molecule has 0 fully saturated rings. The van der Waals surface area contributed by atoms with Crippen LogP contribution >= 0.6 is 0 Å². The fourth-order valence-corrected chi connectivity index (χ4v) is 3.23. The lowest BCUT2D eigenvalue weighted by atomic mass is 9.89. The van der Waals surface area contributed by atoms with Crippen LogP contribution in [0.25, 0.3) is 6.08 Å². The van der Waals surface area contributed by atoms with E-state index in [2.05, 4.69) is 19.9 Å². The first-order valence-corrected chi connectivity index (χ1v) is 8.52. The molecule has 3 nitrogen and oxygen atoms in total. The van der Waals surface area contributed by atoms with Crippen LogP contribution in [0.15, 0.2) is 6.08 Å². The normalized spacial score (nSPS) is 19.2. The summed E-state index contributed by atoms with van der Waals surface area (Å²) in [6, 6.07) is 0. The maximum Gasteiger partial charge on any atom is 0.154 e. The summed E-state index contributed by atoms with van der Waals surface area (Å²) in [4.78, 5) is 11.6.